The van der Waals surface area contributed by atoms with E-state index in [1.807, 2.05) is 6.92 Å². The van der Waals surface area contributed by atoms with Crippen molar-refractivity contribution >= 4 is 53.8 Å². The van der Waals surface area contributed by atoms with Crippen LogP contribution in [-0.4, -0.2) is 216 Å². The van der Waals surface area contributed by atoms with Crippen molar-refractivity contribution in [2.75, 3.05) is 72.7 Å². The van der Waals surface area contributed by atoms with E-state index in [0.717, 1.165) is 37.8 Å². The third-order valence-electron chi connectivity index (χ3n) is 12.5. The second kappa shape index (κ2) is 41.7. The number of nitrogens with zero attached hydrogens (tertiary/aromatic N) is 1. The topological polar surface area (TPSA) is 428 Å². The predicted octanol–water partition coefficient (Wildman–Crippen LogP) is 1.16. The molecule has 1 unspecified atom stereocenters. The van der Waals surface area contributed by atoms with Gasteiger partial charge in [-0.25, -0.2) is 9.59 Å². The minimum atomic E-state index is -1.91. The minimum absolute atomic E-state index is 0. The Morgan fingerprint density at radius 2 is 0.989 bits per heavy atom. The van der Waals surface area contributed by atoms with Gasteiger partial charge in [-0.3, -0.25) is 19.2 Å². The fourth-order valence-electron chi connectivity index (χ4n) is 7.88. The Balaban J connectivity index is 0.000000627. The van der Waals surface area contributed by atoms with E-state index in [0.29, 0.717) is 37.6 Å². The SMILES string of the molecule is CC(=O)OCc1ccc(O[C@@H]2O[C@H](C(=O)O)[C@@H](O)[C@H](O)[C@H]2O)c(C(=O)NCCOCCOCN)c1.CC/C=C(\C)CC/C=C(\C)CC/C(C)=N/OCCOCCOCCNC(=O)c1cc(COC(C)=O)ccc1OC1O[C@H](C(=O)O)[C@@H](O)[C@H](O)[C@H]1O.Cl. The number of nitrogens with one attached hydrogen (secondary N) is 2. The van der Waals surface area contributed by atoms with Gasteiger partial charge in [0, 0.05) is 26.9 Å². The number of aliphatic hydroxyl groups excluding tert-OH is 6. The average Bonchev–Trinajstić information content (AvgIpc) is 1.72. The molecular weight excluding hydrogens is 1180 g/mol. The number of rotatable bonds is 36. The number of carbonyl (C=O) groups is 6. The Kier molecular flexibility index (Phi) is 36.7. The number of carboxylic acids is 2. The predicted molar refractivity (Wildman–Crippen MR) is 308 cm³/mol. The Morgan fingerprint density at radius 3 is 1.41 bits per heavy atom. The van der Waals surface area contributed by atoms with Crippen LogP contribution in [0.25, 0.3) is 0 Å². The van der Waals surface area contributed by atoms with Crippen LogP contribution >= 0.6 is 12.4 Å². The molecule has 2 aromatic carbocycles. The zero-order valence-electron chi connectivity index (χ0n) is 49.6. The van der Waals surface area contributed by atoms with Gasteiger partial charge in [0.25, 0.3) is 11.8 Å². The number of carbonyl (C=O) groups excluding carboxylic acids is 4. The number of hydrogen-bond donors (Lipinski definition) is 11. The Hall–Kier alpha value is -6.42. The van der Waals surface area contributed by atoms with Crippen molar-refractivity contribution in [1.29, 1.82) is 0 Å². The highest BCUT2D eigenvalue weighted by Gasteiger charge is 2.49. The number of carboxylic acid groups (broad SMARTS) is 2. The highest BCUT2D eigenvalue weighted by atomic mass is 35.5. The molecule has 0 radical (unpaired) electrons. The van der Waals surface area contributed by atoms with E-state index < -0.39 is 97.1 Å². The summed E-state index contributed by atoms with van der Waals surface area (Å²) >= 11 is 0. The smallest absolute Gasteiger partial charge is 0.335 e. The van der Waals surface area contributed by atoms with Gasteiger partial charge in [0.1, 0.15) is 67.9 Å². The summed E-state index contributed by atoms with van der Waals surface area (Å²) in [5.74, 6) is -5.71. The number of amides is 2. The lowest BCUT2D eigenvalue weighted by molar-refractivity contribution is -0.271. The molecule has 30 heteroatoms. The van der Waals surface area contributed by atoms with Crippen LogP contribution in [0.5, 0.6) is 11.5 Å². The number of ether oxygens (including phenoxy) is 10. The fourth-order valence-corrected chi connectivity index (χ4v) is 7.88. The Bertz CT molecular complexity index is 2550. The van der Waals surface area contributed by atoms with Gasteiger partial charge in [0.15, 0.2) is 12.2 Å². The summed E-state index contributed by atoms with van der Waals surface area (Å²) in [6.07, 6.45) is -8.93. The van der Waals surface area contributed by atoms with E-state index in [2.05, 4.69) is 48.7 Å². The standard InChI is InChI=1S/C36H54N2O13.C21H30N2O12.ClH/c1-6-8-23(2)9-7-10-24(3)11-12-25(4)38-49-20-19-47-18-17-46-16-15-37-34(43)28-21-27(22-48-26(5)39)13-14-29(28)50-36-32(42)30(40)31(41)33(51-36)35(44)45;1-11(24)33-9-12-2-3-14(13(8-12)19(28)23-4-5-31-6-7-32-10-22)34-21-17(27)15(25)16(26)18(35-21)20(29)30;/h8,10,13-14,21,30-33,36,40-42H,6-7,9,11-12,15-20,22H2,1-5H3,(H,37,43)(H,44,45);2-3,8,15-18,21,25-27H,4-7,9-10,22H2,1H3,(H,23,28)(H,29,30);1H/b23-8+,24-10+,38-25+;;/t30-,31-,32+,33-,36?;15-,16-,17+,18-,21+;/m00./s1. The van der Waals surface area contributed by atoms with E-state index in [1.54, 1.807) is 0 Å². The molecule has 87 heavy (non-hydrogen) atoms. The van der Waals surface area contributed by atoms with Gasteiger partial charge in [-0.05, 0) is 88.3 Å². The average molecular weight is 1260 g/mol. The van der Waals surface area contributed by atoms with Crippen LogP contribution in [0.2, 0.25) is 0 Å². The monoisotopic (exact) mass is 1260 g/mol. The van der Waals surface area contributed by atoms with Crippen LogP contribution in [0.15, 0.2) is 64.9 Å². The van der Waals surface area contributed by atoms with E-state index in [1.165, 1.54) is 61.4 Å². The highest BCUT2D eigenvalue weighted by molar-refractivity contribution is 5.97. The molecule has 0 saturated carbocycles. The first-order chi connectivity index (χ1) is 41.0. The quantitative estimate of drug-likeness (QED) is 0.0114. The van der Waals surface area contributed by atoms with Crippen LogP contribution in [-0.2, 0) is 75.1 Å². The van der Waals surface area contributed by atoms with Crippen LogP contribution in [0.4, 0.5) is 0 Å². The number of hydrogen-bond acceptors (Lipinski definition) is 25. The zero-order valence-corrected chi connectivity index (χ0v) is 50.4. The molecule has 2 fully saturated rings. The molecule has 0 aromatic heterocycles. The van der Waals surface area contributed by atoms with Crippen molar-refractivity contribution in [2.24, 2.45) is 10.9 Å². The molecule has 0 bridgehead atoms. The van der Waals surface area contributed by atoms with E-state index in [9.17, 15) is 69.6 Å². The van der Waals surface area contributed by atoms with Crippen molar-refractivity contribution in [3.8, 4) is 11.5 Å². The number of benzene rings is 2. The molecule has 4 rings (SSSR count). The van der Waals surface area contributed by atoms with Gasteiger partial charge >= 0.3 is 23.9 Å². The summed E-state index contributed by atoms with van der Waals surface area (Å²) in [6, 6.07) is 8.40. The van der Waals surface area contributed by atoms with E-state index in [4.69, 9.17) is 57.9 Å². The summed E-state index contributed by atoms with van der Waals surface area (Å²) in [5.41, 5.74) is 9.65. The largest absolute Gasteiger partial charge is 0.479 e. The molecule has 2 aromatic rings. The van der Waals surface area contributed by atoms with Crippen molar-refractivity contribution in [2.45, 2.75) is 148 Å². The van der Waals surface area contributed by atoms with Crippen molar-refractivity contribution < 1.29 is 122 Å². The third kappa shape index (κ3) is 28.1. The number of allylic oxidation sites excluding steroid dienone is 4. The molecule has 2 aliphatic heterocycles. The molecule has 490 valence electrons. The lowest BCUT2D eigenvalue weighted by Crippen LogP contribution is -2.61. The van der Waals surface area contributed by atoms with Crippen molar-refractivity contribution in [3.05, 3.63) is 82.0 Å². The fraction of sp³-hybridized carbons (Fsp3) is 0.596. The maximum atomic E-state index is 13.1. The van der Waals surface area contributed by atoms with Gasteiger partial charge in [-0.2, -0.15) is 0 Å². The highest BCUT2D eigenvalue weighted by Crippen LogP contribution is 2.30. The summed E-state index contributed by atoms with van der Waals surface area (Å²) in [6.45, 7) is 12.9. The van der Waals surface area contributed by atoms with Crippen LogP contribution in [0, 0.1) is 0 Å². The summed E-state index contributed by atoms with van der Waals surface area (Å²) in [7, 11) is 0. The summed E-state index contributed by atoms with van der Waals surface area (Å²) < 4.78 is 52.6. The van der Waals surface area contributed by atoms with Gasteiger partial charge in [-0.1, -0.05) is 47.5 Å². The molecule has 2 saturated heterocycles. The molecular formula is C57H85ClN4O25. The number of aliphatic hydroxyl groups is 6. The molecule has 2 aliphatic rings. The number of oxime groups is 1. The van der Waals surface area contributed by atoms with Crippen LogP contribution in [0.1, 0.15) is 105 Å². The first-order valence-corrected chi connectivity index (χ1v) is 27.7. The van der Waals surface area contributed by atoms with Gasteiger partial charge in [-0.15, -0.1) is 12.4 Å². The minimum Gasteiger partial charge on any atom is -0.479 e. The summed E-state index contributed by atoms with van der Waals surface area (Å²) in [4.78, 5) is 76.5. The lowest BCUT2D eigenvalue weighted by Gasteiger charge is -2.38. The molecule has 0 spiro atoms. The first kappa shape index (κ1) is 76.7. The van der Waals surface area contributed by atoms with Crippen LogP contribution in [0.3, 0.4) is 0 Å². The maximum absolute atomic E-state index is 13.1. The van der Waals surface area contributed by atoms with Gasteiger partial charge in [0.2, 0.25) is 12.6 Å². The molecule has 2 amide bonds. The molecule has 0 aliphatic carbocycles. The Morgan fingerprint density at radius 1 is 0.563 bits per heavy atom. The van der Waals surface area contributed by atoms with Gasteiger partial charge in [0.05, 0.1) is 69.8 Å². The normalized spacial score (nSPS) is 22.1. The molecule has 12 N–H and O–H groups in total. The van der Waals surface area contributed by atoms with Gasteiger partial charge < -0.3 is 109 Å². The number of esters is 2. The second-order valence-electron chi connectivity index (χ2n) is 19.6. The molecule has 10 atom stereocenters. The number of nitrogens with two attached hydrogens (primary N) is 1. The number of aliphatic carboxylic acids is 2. The van der Waals surface area contributed by atoms with Crippen molar-refractivity contribution in [1.82, 2.24) is 10.6 Å². The van der Waals surface area contributed by atoms with E-state index >= 15 is 0 Å². The third-order valence-corrected chi connectivity index (χ3v) is 12.5. The molecule has 2 heterocycles. The second-order valence-corrected chi connectivity index (χ2v) is 19.6. The summed E-state index contributed by atoms with van der Waals surface area (Å²) in [5, 5.41) is 88.4. The lowest BCUT2D eigenvalue weighted by atomic mass is 9.99. The molecule has 29 nitrogen and oxygen atoms in total. The van der Waals surface area contributed by atoms with E-state index in [-0.39, 0.29) is 94.5 Å². The zero-order chi connectivity index (χ0) is 63.7. The van der Waals surface area contributed by atoms with Crippen LogP contribution < -0.4 is 25.8 Å². The maximum Gasteiger partial charge on any atom is 0.335 e. The Labute approximate surface area is 510 Å². The van der Waals surface area contributed by atoms with Crippen molar-refractivity contribution in [3.63, 3.8) is 0 Å². The number of halogens is 1. The first-order valence-electron chi connectivity index (χ1n) is 27.7.